The Labute approximate surface area is 183 Å². The molecule has 0 unspecified atom stereocenters. The summed E-state index contributed by atoms with van der Waals surface area (Å²) in [5.41, 5.74) is 0.664. The first kappa shape index (κ1) is 30.1. The summed E-state index contributed by atoms with van der Waals surface area (Å²) in [5, 5.41) is 10.6. The molecule has 1 saturated heterocycles. The van der Waals surface area contributed by atoms with Crippen molar-refractivity contribution in [2.75, 3.05) is 13.2 Å². The largest absolute Gasteiger partial charge is 0.478 e. The molecule has 1 rings (SSSR count). The Morgan fingerprint density at radius 2 is 1.40 bits per heavy atom. The van der Waals surface area contributed by atoms with E-state index in [2.05, 4.69) is 25.4 Å². The van der Waals surface area contributed by atoms with Gasteiger partial charge in [-0.15, -0.1) is 0 Å². The van der Waals surface area contributed by atoms with E-state index in [0.717, 1.165) is 25.8 Å². The fourth-order valence-electron chi connectivity index (χ4n) is 2.44. The van der Waals surface area contributed by atoms with E-state index in [0.29, 0.717) is 12.2 Å². The van der Waals surface area contributed by atoms with Crippen molar-refractivity contribution >= 4 is 17.8 Å². The number of nitrogens with one attached hydrogen (secondary N) is 1. The smallest absolute Gasteiger partial charge is 0.333 e. The lowest BCUT2D eigenvalue weighted by Crippen LogP contribution is -2.12. The fraction of sp³-hybridized carbons (Fsp3) is 0.708. The summed E-state index contributed by atoms with van der Waals surface area (Å²) in [4.78, 5) is 30.8. The van der Waals surface area contributed by atoms with Gasteiger partial charge in [0.15, 0.2) is 0 Å². The maximum atomic E-state index is 11.1. The average Bonchev–Trinajstić information content (AvgIpc) is 3.17. The first-order valence-electron chi connectivity index (χ1n) is 11.2. The van der Waals surface area contributed by atoms with Crippen LogP contribution in [0.25, 0.3) is 0 Å². The Bertz CT molecular complexity index is 494. The Morgan fingerprint density at radius 1 is 0.933 bits per heavy atom. The minimum Gasteiger partial charge on any atom is -0.478 e. The molecule has 1 amide bonds. The molecule has 2 N–H and O–H groups in total. The van der Waals surface area contributed by atoms with Crippen molar-refractivity contribution in [3.05, 3.63) is 24.3 Å². The monoisotopic (exact) mass is 425 g/mol. The zero-order valence-electron chi connectivity index (χ0n) is 19.4. The number of carboxylic acids is 1. The molecule has 0 radical (unpaired) electrons. The highest BCUT2D eigenvalue weighted by atomic mass is 16.5. The van der Waals surface area contributed by atoms with Gasteiger partial charge in [0.1, 0.15) is 0 Å². The molecule has 1 aliphatic heterocycles. The first-order valence-corrected chi connectivity index (χ1v) is 11.2. The SMILES string of the molecule is C=C(C)C(=O)O.C=C(C)C(=O)OCCCCCCCCCCCC.O=C1CCCN1. The number of rotatable bonds is 13. The summed E-state index contributed by atoms with van der Waals surface area (Å²) in [5.74, 6) is -0.990. The van der Waals surface area contributed by atoms with Gasteiger partial charge in [-0.25, -0.2) is 9.59 Å². The van der Waals surface area contributed by atoms with Crippen LogP contribution < -0.4 is 5.32 Å². The van der Waals surface area contributed by atoms with E-state index in [-0.39, 0.29) is 17.4 Å². The third-order valence-corrected chi connectivity index (χ3v) is 4.35. The lowest BCUT2D eigenvalue weighted by Gasteiger charge is -2.04. The molecular weight excluding hydrogens is 382 g/mol. The fourth-order valence-corrected chi connectivity index (χ4v) is 2.44. The molecule has 1 aliphatic rings. The minimum absolute atomic E-state index is 0.176. The van der Waals surface area contributed by atoms with Crippen molar-refractivity contribution in [2.24, 2.45) is 0 Å². The number of carboxylic acid groups (broad SMARTS) is 1. The Morgan fingerprint density at radius 3 is 1.70 bits per heavy atom. The quantitative estimate of drug-likeness (QED) is 0.229. The minimum atomic E-state index is -0.935. The predicted molar refractivity (Wildman–Crippen MR) is 122 cm³/mol. The van der Waals surface area contributed by atoms with Crippen LogP contribution in [0.2, 0.25) is 0 Å². The van der Waals surface area contributed by atoms with Crippen LogP contribution in [0.4, 0.5) is 0 Å². The van der Waals surface area contributed by atoms with Crippen molar-refractivity contribution in [2.45, 2.75) is 97.8 Å². The molecule has 0 saturated carbocycles. The van der Waals surface area contributed by atoms with Crippen LogP contribution in [0.3, 0.4) is 0 Å². The average molecular weight is 426 g/mol. The van der Waals surface area contributed by atoms with Crippen LogP contribution in [0.5, 0.6) is 0 Å². The van der Waals surface area contributed by atoms with Crippen molar-refractivity contribution in [1.29, 1.82) is 0 Å². The van der Waals surface area contributed by atoms with E-state index in [1.54, 1.807) is 6.92 Å². The molecule has 1 fully saturated rings. The van der Waals surface area contributed by atoms with Crippen molar-refractivity contribution in [1.82, 2.24) is 5.32 Å². The van der Waals surface area contributed by atoms with Gasteiger partial charge in [0.2, 0.25) is 5.91 Å². The Hall–Kier alpha value is -2.11. The van der Waals surface area contributed by atoms with Crippen molar-refractivity contribution < 1.29 is 24.2 Å². The molecule has 0 aliphatic carbocycles. The number of aliphatic carboxylic acids is 1. The van der Waals surface area contributed by atoms with E-state index in [1.165, 1.54) is 64.7 Å². The van der Waals surface area contributed by atoms with E-state index < -0.39 is 5.97 Å². The standard InChI is InChI=1S/C16H30O2.C4H7NO.C4H6O2/c1-4-5-6-7-8-9-10-11-12-13-14-18-16(17)15(2)3;6-4-2-1-3-5-4;1-3(2)4(5)6/h2,4-14H2,1,3H3;1-3H2,(H,5,6);1H2,2H3,(H,5,6). The van der Waals surface area contributed by atoms with Gasteiger partial charge < -0.3 is 15.2 Å². The maximum Gasteiger partial charge on any atom is 0.333 e. The Balaban J connectivity index is 0. The van der Waals surface area contributed by atoms with Gasteiger partial charge in [0, 0.05) is 24.1 Å². The predicted octanol–water partition coefficient (Wildman–Crippen LogP) is 5.57. The number of ether oxygens (including phenoxy) is 1. The highest BCUT2D eigenvalue weighted by Gasteiger charge is 2.05. The van der Waals surface area contributed by atoms with Crippen molar-refractivity contribution in [3.63, 3.8) is 0 Å². The molecule has 1 heterocycles. The molecule has 0 atom stereocenters. The first-order chi connectivity index (χ1) is 14.2. The molecule has 6 nitrogen and oxygen atoms in total. The van der Waals surface area contributed by atoms with Crippen LogP contribution >= 0.6 is 0 Å². The van der Waals surface area contributed by atoms with Crippen LogP contribution in [0.1, 0.15) is 97.8 Å². The highest BCUT2D eigenvalue weighted by molar-refractivity contribution is 5.86. The normalized spacial score (nSPS) is 11.9. The number of amides is 1. The summed E-state index contributed by atoms with van der Waals surface area (Å²) in [7, 11) is 0. The molecule has 0 aromatic carbocycles. The van der Waals surface area contributed by atoms with E-state index in [4.69, 9.17) is 9.84 Å². The zero-order valence-corrected chi connectivity index (χ0v) is 19.4. The van der Waals surface area contributed by atoms with Crippen LogP contribution in [0.15, 0.2) is 24.3 Å². The second-order valence-corrected chi connectivity index (χ2v) is 7.64. The number of esters is 1. The van der Waals surface area contributed by atoms with Gasteiger partial charge >= 0.3 is 11.9 Å². The van der Waals surface area contributed by atoms with Gasteiger partial charge in [-0.05, 0) is 26.7 Å². The van der Waals surface area contributed by atoms with Crippen LogP contribution in [0, 0.1) is 0 Å². The number of carbonyl (C=O) groups is 3. The van der Waals surface area contributed by atoms with Gasteiger partial charge in [-0.3, -0.25) is 4.79 Å². The number of unbranched alkanes of at least 4 members (excludes halogenated alkanes) is 9. The molecule has 0 aromatic heterocycles. The maximum absolute atomic E-state index is 11.1. The molecular formula is C24H43NO5. The van der Waals surface area contributed by atoms with E-state index in [9.17, 15) is 14.4 Å². The molecule has 0 aromatic rings. The number of hydrogen-bond donors (Lipinski definition) is 2. The van der Waals surface area contributed by atoms with Crippen molar-refractivity contribution in [3.8, 4) is 0 Å². The Kier molecular flexibility index (Phi) is 21.7. The molecule has 6 heteroatoms. The molecule has 174 valence electrons. The summed E-state index contributed by atoms with van der Waals surface area (Å²) in [6.45, 7) is 13.5. The second kappa shape index (κ2) is 21.6. The van der Waals surface area contributed by atoms with Gasteiger partial charge in [0.05, 0.1) is 6.61 Å². The van der Waals surface area contributed by atoms with Gasteiger partial charge in [-0.1, -0.05) is 77.9 Å². The third kappa shape index (κ3) is 23.9. The van der Waals surface area contributed by atoms with Crippen LogP contribution in [-0.2, 0) is 19.1 Å². The van der Waals surface area contributed by atoms with E-state index >= 15 is 0 Å². The molecule has 30 heavy (non-hydrogen) atoms. The molecule has 0 bridgehead atoms. The van der Waals surface area contributed by atoms with Gasteiger partial charge in [-0.2, -0.15) is 0 Å². The van der Waals surface area contributed by atoms with Crippen LogP contribution in [-0.4, -0.2) is 36.1 Å². The highest BCUT2D eigenvalue weighted by Crippen LogP contribution is 2.10. The topological polar surface area (TPSA) is 92.7 Å². The summed E-state index contributed by atoms with van der Waals surface area (Å²) in [6.07, 6.45) is 14.7. The number of carbonyl (C=O) groups excluding carboxylic acids is 2. The van der Waals surface area contributed by atoms with Gasteiger partial charge in [0.25, 0.3) is 0 Å². The lowest BCUT2D eigenvalue weighted by atomic mass is 10.1. The third-order valence-electron chi connectivity index (χ3n) is 4.35. The summed E-state index contributed by atoms with van der Waals surface area (Å²) < 4.78 is 5.04. The molecule has 0 spiro atoms. The summed E-state index contributed by atoms with van der Waals surface area (Å²) in [6, 6.07) is 0. The lowest BCUT2D eigenvalue weighted by molar-refractivity contribution is -0.139. The zero-order chi connectivity index (χ0) is 23.2. The number of hydrogen-bond acceptors (Lipinski definition) is 4. The second-order valence-electron chi connectivity index (χ2n) is 7.64. The van der Waals surface area contributed by atoms with E-state index in [1.807, 2.05) is 0 Å². The summed E-state index contributed by atoms with van der Waals surface area (Å²) >= 11 is 0.